The zero-order chi connectivity index (χ0) is 14.3. The minimum absolute atomic E-state index is 0.00192. The van der Waals surface area contributed by atoms with Gasteiger partial charge < -0.3 is 10.4 Å². The third kappa shape index (κ3) is 5.55. The Kier molecular flexibility index (Phi) is 6.06. The van der Waals surface area contributed by atoms with Gasteiger partial charge >= 0.3 is 5.97 Å². The van der Waals surface area contributed by atoms with Crippen molar-refractivity contribution >= 4 is 11.9 Å². The minimum atomic E-state index is -0.863. The lowest BCUT2D eigenvalue weighted by Crippen LogP contribution is -2.28. The highest BCUT2D eigenvalue weighted by Crippen LogP contribution is 2.17. The molecule has 1 aromatic rings. The van der Waals surface area contributed by atoms with Crippen LogP contribution < -0.4 is 5.32 Å². The number of aliphatic carboxylic acids is 1. The van der Waals surface area contributed by atoms with E-state index in [1.54, 1.807) is 0 Å². The molecule has 0 saturated carbocycles. The molecule has 0 bridgehead atoms. The van der Waals surface area contributed by atoms with Gasteiger partial charge in [0.05, 0.1) is 6.04 Å². The van der Waals surface area contributed by atoms with Crippen molar-refractivity contribution in [3.8, 4) is 0 Å². The smallest absolute Gasteiger partial charge is 0.303 e. The Hall–Kier alpha value is -1.84. The van der Waals surface area contributed by atoms with Crippen molar-refractivity contribution in [2.45, 2.75) is 45.6 Å². The highest BCUT2D eigenvalue weighted by atomic mass is 16.4. The summed E-state index contributed by atoms with van der Waals surface area (Å²) in [4.78, 5) is 22.1. The molecule has 0 radical (unpaired) electrons. The standard InChI is InChI=1S/C15H21NO3/c1-3-13(12-9-7-11(2)8-10-12)16-14(17)5-4-6-15(18)19/h7-10,13H,3-6H2,1-2H3,(H,16,17)(H,18,19). The second-order valence-electron chi connectivity index (χ2n) is 4.69. The number of carbonyl (C=O) groups excluding carboxylic acids is 1. The van der Waals surface area contributed by atoms with Crippen molar-refractivity contribution in [1.82, 2.24) is 5.32 Å². The van der Waals surface area contributed by atoms with Crippen LogP contribution in [0.25, 0.3) is 0 Å². The normalized spacial score (nSPS) is 11.9. The van der Waals surface area contributed by atoms with E-state index in [4.69, 9.17) is 5.11 Å². The summed E-state index contributed by atoms with van der Waals surface area (Å²) in [7, 11) is 0. The monoisotopic (exact) mass is 263 g/mol. The molecule has 0 heterocycles. The highest BCUT2D eigenvalue weighted by Gasteiger charge is 2.12. The lowest BCUT2D eigenvalue weighted by molar-refractivity contribution is -0.137. The quantitative estimate of drug-likeness (QED) is 0.795. The summed E-state index contributed by atoms with van der Waals surface area (Å²) in [5.41, 5.74) is 2.27. The number of hydrogen-bond donors (Lipinski definition) is 2. The molecular weight excluding hydrogens is 242 g/mol. The highest BCUT2D eigenvalue weighted by molar-refractivity contribution is 5.77. The predicted molar refractivity (Wildman–Crippen MR) is 73.8 cm³/mol. The lowest BCUT2D eigenvalue weighted by Gasteiger charge is -2.17. The van der Waals surface area contributed by atoms with Crippen molar-refractivity contribution in [3.05, 3.63) is 35.4 Å². The van der Waals surface area contributed by atoms with Gasteiger partial charge in [-0.1, -0.05) is 36.8 Å². The van der Waals surface area contributed by atoms with Gasteiger partial charge in [-0.05, 0) is 25.3 Å². The first kappa shape index (κ1) is 15.2. The molecule has 4 nitrogen and oxygen atoms in total. The van der Waals surface area contributed by atoms with Gasteiger partial charge in [0, 0.05) is 12.8 Å². The first-order chi connectivity index (χ1) is 9.02. The molecule has 0 aliphatic heterocycles. The van der Waals surface area contributed by atoms with Crippen LogP contribution in [-0.4, -0.2) is 17.0 Å². The Morgan fingerprint density at radius 2 is 1.84 bits per heavy atom. The number of rotatable bonds is 7. The zero-order valence-electron chi connectivity index (χ0n) is 11.5. The predicted octanol–water partition coefficient (Wildman–Crippen LogP) is 2.82. The maximum absolute atomic E-state index is 11.7. The Labute approximate surface area is 113 Å². The third-order valence-electron chi connectivity index (χ3n) is 3.02. The fraction of sp³-hybridized carbons (Fsp3) is 0.467. The van der Waals surface area contributed by atoms with Crippen LogP contribution in [0.4, 0.5) is 0 Å². The third-order valence-corrected chi connectivity index (χ3v) is 3.02. The lowest BCUT2D eigenvalue weighted by atomic mass is 10.0. The van der Waals surface area contributed by atoms with Gasteiger partial charge in [0.1, 0.15) is 0 Å². The molecule has 4 heteroatoms. The molecule has 1 rings (SSSR count). The number of carbonyl (C=O) groups is 2. The molecular formula is C15H21NO3. The fourth-order valence-electron chi connectivity index (χ4n) is 1.89. The van der Waals surface area contributed by atoms with E-state index in [1.807, 2.05) is 38.1 Å². The van der Waals surface area contributed by atoms with E-state index in [2.05, 4.69) is 5.32 Å². The van der Waals surface area contributed by atoms with Gasteiger partial charge in [-0.25, -0.2) is 0 Å². The van der Waals surface area contributed by atoms with Gasteiger partial charge in [0.15, 0.2) is 0 Å². The molecule has 0 aliphatic rings. The van der Waals surface area contributed by atoms with Crippen molar-refractivity contribution in [2.24, 2.45) is 0 Å². The van der Waals surface area contributed by atoms with Gasteiger partial charge in [-0.3, -0.25) is 9.59 Å². The molecule has 1 atom stereocenters. The van der Waals surface area contributed by atoms with E-state index in [-0.39, 0.29) is 24.8 Å². The SMILES string of the molecule is CCC(NC(=O)CCCC(=O)O)c1ccc(C)cc1. The number of nitrogens with one attached hydrogen (secondary N) is 1. The molecule has 0 fully saturated rings. The minimum Gasteiger partial charge on any atom is -0.481 e. The Bertz CT molecular complexity index is 426. The van der Waals surface area contributed by atoms with Gasteiger partial charge in [0.2, 0.25) is 5.91 Å². The van der Waals surface area contributed by atoms with Crippen LogP contribution in [0.1, 0.15) is 49.8 Å². The average molecular weight is 263 g/mol. The van der Waals surface area contributed by atoms with Crippen molar-refractivity contribution < 1.29 is 14.7 Å². The number of carboxylic acids is 1. The summed E-state index contributed by atoms with van der Waals surface area (Å²) < 4.78 is 0. The molecule has 1 unspecified atom stereocenters. The van der Waals surface area contributed by atoms with E-state index in [0.29, 0.717) is 6.42 Å². The maximum Gasteiger partial charge on any atom is 0.303 e. The second kappa shape index (κ2) is 7.56. The maximum atomic E-state index is 11.7. The number of hydrogen-bond acceptors (Lipinski definition) is 2. The molecule has 1 amide bonds. The summed E-state index contributed by atoms with van der Waals surface area (Å²) in [6.07, 6.45) is 1.49. The molecule has 19 heavy (non-hydrogen) atoms. The summed E-state index contributed by atoms with van der Waals surface area (Å²) in [6.45, 7) is 4.04. The second-order valence-corrected chi connectivity index (χ2v) is 4.69. The molecule has 104 valence electrons. The molecule has 0 aliphatic carbocycles. The largest absolute Gasteiger partial charge is 0.481 e. The average Bonchev–Trinajstić information content (AvgIpc) is 2.36. The summed E-state index contributed by atoms with van der Waals surface area (Å²) in [6, 6.07) is 8.07. The van der Waals surface area contributed by atoms with E-state index in [1.165, 1.54) is 5.56 Å². The summed E-state index contributed by atoms with van der Waals surface area (Å²) in [5, 5.41) is 11.5. The topological polar surface area (TPSA) is 66.4 Å². The van der Waals surface area contributed by atoms with Crippen LogP contribution in [0.15, 0.2) is 24.3 Å². The molecule has 0 saturated heterocycles. The van der Waals surface area contributed by atoms with Crippen LogP contribution in [-0.2, 0) is 9.59 Å². The Morgan fingerprint density at radius 1 is 1.21 bits per heavy atom. The first-order valence-electron chi connectivity index (χ1n) is 6.60. The van der Waals surface area contributed by atoms with E-state index in [9.17, 15) is 9.59 Å². The van der Waals surface area contributed by atoms with Crippen molar-refractivity contribution in [3.63, 3.8) is 0 Å². The van der Waals surface area contributed by atoms with Gasteiger partial charge in [-0.15, -0.1) is 0 Å². The van der Waals surface area contributed by atoms with Crippen LogP contribution in [0, 0.1) is 6.92 Å². The first-order valence-corrected chi connectivity index (χ1v) is 6.60. The summed E-state index contributed by atoms with van der Waals surface area (Å²) >= 11 is 0. The van der Waals surface area contributed by atoms with E-state index >= 15 is 0 Å². The number of benzene rings is 1. The van der Waals surface area contributed by atoms with E-state index in [0.717, 1.165) is 12.0 Å². The zero-order valence-corrected chi connectivity index (χ0v) is 11.5. The van der Waals surface area contributed by atoms with Crippen molar-refractivity contribution in [1.29, 1.82) is 0 Å². The molecule has 0 spiro atoms. The fourth-order valence-corrected chi connectivity index (χ4v) is 1.89. The van der Waals surface area contributed by atoms with E-state index < -0.39 is 5.97 Å². The Balaban J connectivity index is 2.50. The molecule has 0 aromatic heterocycles. The van der Waals surface area contributed by atoms with Crippen LogP contribution in [0.2, 0.25) is 0 Å². The number of carboxylic acid groups (broad SMARTS) is 1. The molecule has 1 aromatic carbocycles. The van der Waals surface area contributed by atoms with Crippen LogP contribution in [0.5, 0.6) is 0 Å². The van der Waals surface area contributed by atoms with Crippen molar-refractivity contribution in [2.75, 3.05) is 0 Å². The summed E-state index contributed by atoms with van der Waals surface area (Å²) in [5.74, 6) is -0.952. The molecule has 2 N–H and O–H groups in total. The van der Waals surface area contributed by atoms with Gasteiger partial charge in [0.25, 0.3) is 0 Å². The van der Waals surface area contributed by atoms with Gasteiger partial charge in [-0.2, -0.15) is 0 Å². The van der Waals surface area contributed by atoms with Crippen LogP contribution >= 0.6 is 0 Å². The number of amides is 1. The Morgan fingerprint density at radius 3 is 2.37 bits per heavy atom. The van der Waals surface area contributed by atoms with Crippen LogP contribution in [0.3, 0.4) is 0 Å². The number of aryl methyl sites for hydroxylation is 1.